The van der Waals surface area contributed by atoms with Crippen molar-refractivity contribution in [3.63, 3.8) is 0 Å². The number of nitrogens with one attached hydrogen (secondary N) is 1. The van der Waals surface area contributed by atoms with E-state index in [1.807, 2.05) is 6.07 Å². The smallest absolute Gasteiger partial charge is 0.135 e. The molecule has 0 radical (unpaired) electrons. The molecule has 1 aromatic rings. The Bertz CT molecular complexity index is 380. The van der Waals surface area contributed by atoms with Crippen molar-refractivity contribution in [3.8, 4) is 5.75 Å². The van der Waals surface area contributed by atoms with Crippen molar-refractivity contribution in [1.82, 2.24) is 0 Å². The van der Waals surface area contributed by atoms with Crippen LogP contribution < -0.4 is 10.1 Å². The molecule has 2 atom stereocenters. The van der Waals surface area contributed by atoms with Crippen LogP contribution in [-0.2, 0) is 0 Å². The van der Waals surface area contributed by atoms with Crippen LogP contribution >= 0.6 is 15.9 Å². The van der Waals surface area contributed by atoms with Crippen molar-refractivity contribution in [1.29, 1.82) is 0 Å². The van der Waals surface area contributed by atoms with E-state index in [0.29, 0.717) is 6.04 Å². The average Bonchev–Trinajstić information content (AvgIpc) is 2.32. The van der Waals surface area contributed by atoms with E-state index in [9.17, 15) is 0 Å². The zero-order chi connectivity index (χ0) is 12.3. The van der Waals surface area contributed by atoms with Gasteiger partial charge in [-0.3, -0.25) is 0 Å². The minimum absolute atomic E-state index is 0.615. The van der Waals surface area contributed by atoms with Gasteiger partial charge in [-0.05, 0) is 46.8 Å². The van der Waals surface area contributed by atoms with Crippen LogP contribution in [0, 0.1) is 5.92 Å². The number of hydrogen-bond acceptors (Lipinski definition) is 2. The molecule has 1 saturated carbocycles. The summed E-state index contributed by atoms with van der Waals surface area (Å²) in [4.78, 5) is 0. The molecule has 1 N–H and O–H groups in total. The summed E-state index contributed by atoms with van der Waals surface area (Å²) in [6, 6.07) is 6.81. The van der Waals surface area contributed by atoms with Crippen molar-refractivity contribution >= 4 is 21.6 Å². The summed E-state index contributed by atoms with van der Waals surface area (Å²) >= 11 is 3.47. The van der Waals surface area contributed by atoms with Crippen molar-refractivity contribution in [2.45, 2.75) is 38.6 Å². The number of hydrogen-bond donors (Lipinski definition) is 1. The molecule has 2 nitrogen and oxygen atoms in total. The summed E-state index contributed by atoms with van der Waals surface area (Å²) in [6.45, 7) is 2.34. The minimum atomic E-state index is 0.615. The van der Waals surface area contributed by atoms with Gasteiger partial charge in [-0.15, -0.1) is 0 Å². The number of rotatable bonds is 3. The first-order chi connectivity index (χ1) is 8.19. The topological polar surface area (TPSA) is 21.3 Å². The Kier molecular flexibility index (Phi) is 4.32. The lowest BCUT2D eigenvalue weighted by Gasteiger charge is -2.28. The maximum Gasteiger partial charge on any atom is 0.135 e. The summed E-state index contributed by atoms with van der Waals surface area (Å²) in [5.41, 5.74) is 1.16. The van der Waals surface area contributed by atoms with Gasteiger partial charge in [0.25, 0.3) is 0 Å². The van der Waals surface area contributed by atoms with Gasteiger partial charge in [-0.25, -0.2) is 0 Å². The molecule has 0 amide bonds. The third-order valence-electron chi connectivity index (χ3n) is 3.46. The highest BCUT2D eigenvalue weighted by Gasteiger charge is 2.18. The molecule has 2 unspecified atom stereocenters. The van der Waals surface area contributed by atoms with Crippen LogP contribution in [0.3, 0.4) is 0 Å². The average molecular weight is 298 g/mol. The molecule has 1 aromatic carbocycles. The molecule has 17 heavy (non-hydrogen) atoms. The largest absolute Gasteiger partial charge is 0.495 e. The van der Waals surface area contributed by atoms with Crippen molar-refractivity contribution in [2.75, 3.05) is 12.4 Å². The quantitative estimate of drug-likeness (QED) is 0.890. The fraction of sp³-hybridized carbons (Fsp3) is 0.571. The highest BCUT2D eigenvalue weighted by molar-refractivity contribution is 9.10. The van der Waals surface area contributed by atoms with Gasteiger partial charge in [-0.1, -0.05) is 19.8 Å². The Labute approximate surface area is 112 Å². The predicted octanol–water partition coefficient (Wildman–Crippen LogP) is 4.45. The second kappa shape index (κ2) is 5.76. The maximum atomic E-state index is 5.31. The highest BCUT2D eigenvalue weighted by atomic mass is 79.9. The third-order valence-corrected chi connectivity index (χ3v) is 4.11. The number of ether oxygens (including phenoxy) is 1. The first kappa shape index (κ1) is 12.7. The van der Waals surface area contributed by atoms with Crippen molar-refractivity contribution < 1.29 is 4.74 Å². The van der Waals surface area contributed by atoms with Crippen molar-refractivity contribution in [3.05, 3.63) is 22.7 Å². The van der Waals surface area contributed by atoms with E-state index in [0.717, 1.165) is 21.8 Å². The summed E-state index contributed by atoms with van der Waals surface area (Å²) in [7, 11) is 1.70. The lowest BCUT2D eigenvalue weighted by atomic mass is 9.87. The molecule has 2 rings (SSSR count). The molecule has 1 aliphatic carbocycles. The SMILES string of the molecule is COc1cc(NC2CCCC(C)C2)ccc1Br. The van der Waals surface area contributed by atoms with Crippen LogP contribution in [0.25, 0.3) is 0 Å². The van der Waals surface area contributed by atoms with Crippen LogP contribution in [-0.4, -0.2) is 13.2 Å². The summed E-state index contributed by atoms with van der Waals surface area (Å²) in [5, 5.41) is 3.61. The van der Waals surface area contributed by atoms with E-state index in [1.54, 1.807) is 7.11 Å². The molecule has 0 aromatic heterocycles. The van der Waals surface area contributed by atoms with Gasteiger partial charge < -0.3 is 10.1 Å². The highest BCUT2D eigenvalue weighted by Crippen LogP contribution is 2.30. The zero-order valence-electron chi connectivity index (χ0n) is 10.5. The second-order valence-corrected chi connectivity index (χ2v) is 5.82. The first-order valence-corrected chi connectivity index (χ1v) is 7.08. The molecule has 1 fully saturated rings. The lowest BCUT2D eigenvalue weighted by Crippen LogP contribution is -2.26. The van der Waals surface area contributed by atoms with Gasteiger partial charge in [0.2, 0.25) is 0 Å². The zero-order valence-corrected chi connectivity index (χ0v) is 12.1. The first-order valence-electron chi connectivity index (χ1n) is 6.29. The molecule has 94 valence electrons. The normalized spacial score (nSPS) is 24.4. The number of anilines is 1. The van der Waals surface area contributed by atoms with E-state index in [1.165, 1.54) is 25.7 Å². The molecule has 1 aliphatic rings. The fourth-order valence-electron chi connectivity index (χ4n) is 2.55. The second-order valence-electron chi connectivity index (χ2n) is 4.96. The monoisotopic (exact) mass is 297 g/mol. The Morgan fingerprint density at radius 3 is 2.88 bits per heavy atom. The number of methoxy groups -OCH3 is 1. The Balaban J connectivity index is 2.02. The Morgan fingerprint density at radius 2 is 2.18 bits per heavy atom. The summed E-state index contributed by atoms with van der Waals surface area (Å²) in [5.74, 6) is 1.73. The molecule has 0 heterocycles. The summed E-state index contributed by atoms with van der Waals surface area (Å²) < 4.78 is 6.31. The summed E-state index contributed by atoms with van der Waals surface area (Å²) in [6.07, 6.45) is 5.27. The minimum Gasteiger partial charge on any atom is -0.495 e. The number of benzene rings is 1. The molecule has 0 bridgehead atoms. The molecular formula is C14H20BrNO. The van der Waals surface area contributed by atoms with Gasteiger partial charge in [-0.2, -0.15) is 0 Å². The van der Waals surface area contributed by atoms with Gasteiger partial charge in [0, 0.05) is 17.8 Å². The van der Waals surface area contributed by atoms with E-state index in [2.05, 4.69) is 40.3 Å². The molecule has 0 aliphatic heterocycles. The third kappa shape index (κ3) is 3.38. The van der Waals surface area contributed by atoms with E-state index >= 15 is 0 Å². The Morgan fingerprint density at radius 1 is 1.35 bits per heavy atom. The molecule has 3 heteroatoms. The van der Waals surface area contributed by atoms with Crippen LogP contribution in [0.4, 0.5) is 5.69 Å². The number of halogens is 1. The van der Waals surface area contributed by atoms with Gasteiger partial charge >= 0.3 is 0 Å². The van der Waals surface area contributed by atoms with Gasteiger partial charge in [0.15, 0.2) is 0 Å². The lowest BCUT2D eigenvalue weighted by molar-refractivity contribution is 0.358. The van der Waals surface area contributed by atoms with Crippen LogP contribution in [0.2, 0.25) is 0 Å². The maximum absolute atomic E-state index is 5.31. The molecule has 0 spiro atoms. The van der Waals surface area contributed by atoms with Crippen LogP contribution in [0.15, 0.2) is 22.7 Å². The van der Waals surface area contributed by atoms with Crippen molar-refractivity contribution in [2.24, 2.45) is 5.92 Å². The fourth-order valence-corrected chi connectivity index (χ4v) is 2.96. The standard InChI is InChI=1S/C14H20BrNO/c1-10-4-3-5-11(8-10)16-12-6-7-13(15)14(9-12)17-2/h6-7,9-11,16H,3-5,8H2,1-2H3. The molecular weight excluding hydrogens is 278 g/mol. The van der Waals surface area contributed by atoms with Crippen LogP contribution in [0.1, 0.15) is 32.6 Å². The van der Waals surface area contributed by atoms with Gasteiger partial charge in [0.1, 0.15) is 5.75 Å². The molecule has 0 saturated heterocycles. The predicted molar refractivity (Wildman–Crippen MR) is 75.7 cm³/mol. The van der Waals surface area contributed by atoms with E-state index < -0.39 is 0 Å². The van der Waals surface area contributed by atoms with Crippen LogP contribution in [0.5, 0.6) is 5.75 Å². The Hall–Kier alpha value is -0.700. The van der Waals surface area contributed by atoms with E-state index in [-0.39, 0.29) is 0 Å². The van der Waals surface area contributed by atoms with Gasteiger partial charge in [0.05, 0.1) is 11.6 Å². The van der Waals surface area contributed by atoms with E-state index in [4.69, 9.17) is 4.74 Å².